The molecule has 212 valence electrons. The van der Waals surface area contributed by atoms with E-state index in [1.165, 1.54) is 48.5 Å². The van der Waals surface area contributed by atoms with E-state index in [0.29, 0.717) is 22.9 Å². The highest BCUT2D eigenvalue weighted by Gasteiger charge is 2.18. The number of amides is 2. The third-order valence-corrected chi connectivity index (χ3v) is 8.09. The quantitative estimate of drug-likeness (QED) is 0.249. The number of anilines is 2. The SMILES string of the molecule is Cc1ccc(C)c(OCC(=O)Nc2ccc(S(=O)(=O)c3ccc(NC(=O)COc4cc(C)ccc4C)cc3)cc2)c1. The Morgan fingerprint density at radius 2 is 0.951 bits per heavy atom. The smallest absolute Gasteiger partial charge is 0.262 e. The molecule has 0 atom stereocenters. The van der Waals surface area contributed by atoms with Gasteiger partial charge in [-0.3, -0.25) is 9.59 Å². The van der Waals surface area contributed by atoms with Gasteiger partial charge in [-0.2, -0.15) is 0 Å². The minimum atomic E-state index is -3.81. The van der Waals surface area contributed by atoms with Crippen molar-refractivity contribution in [3.8, 4) is 11.5 Å². The van der Waals surface area contributed by atoms with Gasteiger partial charge in [0, 0.05) is 11.4 Å². The number of ether oxygens (including phenoxy) is 2. The lowest BCUT2D eigenvalue weighted by Crippen LogP contribution is -2.20. The topological polar surface area (TPSA) is 111 Å². The first-order chi connectivity index (χ1) is 19.5. The number of carbonyl (C=O) groups is 2. The van der Waals surface area contributed by atoms with Crippen LogP contribution < -0.4 is 20.1 Å². The molecule has 0 unspecified atom stereocenters. The number of nitrogens with one attached hydrogen (secondary N) is 2. The summed E-state index contributed by atoms with van der Waals surface area (Å²) in [7, 11) is -3.81. The molecule has 0 aliphatic heterocycles. The van der Waals surface area contributed by atoms with E-state index >= 15 is 0 Å². The van der Waals surface area contributed by atoms with Crippen LogP contribution in [0.3, 0.4) is 0 Å². The maximum atomic E-state index is 13.1. The highest BCUT2D eigenvalue weighted by atomic mass is 32.2. The van der Waals surface area contributed by atoms with Gasteiger partial charge >= 0.3 is 0 Å². The molecule has 0 spiro atoms. The van der Waals surface area contributed by atoms with Crippen molar-refractivity contribution in [2.45, 2.75) is 37.5 Å². The largest absolute Gasteiger partial charge is 0.483 e. The number of hydrogen-bond donors (Lipinski definition) is 2. The van der Waals surface area contributed by atoms with Crippen molar-refractivity contribution in [3.05, 3.63) is 107 Å². The third kappa shape index (κ3) is 7.73. The van der Waals surface area contributed by atoms with Crippen LogP contribution in [0.5, 0.6) is 11.5 Å². The molecule has 4 aromatic carbocycles. The zero-order valence-electron chi connectivity index (χ0n) is 23.4. The van der Waals surface area contributed by atoms with Gasteiger partial charge in [0.05, 0.1) is 9.79 Å². The van der Waals surface area contributed by atoms with E-state index < -0.39 is 9.84 Å². The number of sulfone groups is 1. The fourth-order valence-electron chi connectivity index (χ4n) is 3.98. The van der Waals surface area contributed by atoms with Crippen molar-refractivity contribution >= 4 is 33.0 Å². The summed E-state index contributed by atoms with van der Waals surface area (Å²) in [5.74, 6) is 0.549. The Kier molecular flexibility index (Phi) is 9.09. The summed E-state index contributed by atoms with van der Waals surface area (Å²) < 4.78 is 37.5. The van der Waals surface area contributed by atoms with E-state index in [0.717, 1.165) is 22.3 Å². The lowest BCUT2D eigenvalue weighted by Gasteiger charge is -2.11. The number of rotatable bonds is 10. The Hall–Kier alpha value is -4.63. The molecular formula is C32H32N2O6S. The molecule has 0 saturated heterocycles. The summed E-state index contributed by atoms with van der Waals surface area (Å²) in [5.41, 5.74) is 4.80. The molecule has 0 aliphatic rings. The Morgan fingerprint density at radius 3 is 1.32 bits per heavy atom. The third-order valence-electron chi connectivity index (χ3n) is 6.30. The second-order valence-electron chi connectivity index (χ2n) is 9.76. The first kappa shape index (κ1) is 29.4. The molecule has 8 nitrogen and oxygen atoms in total. The van der Waals surface area contributed by atoms with E-state index in [1.54, 1.807) is 0 Å². The van der Waals surface area contributed by atoms with E-state index in [4.69, 9.17) is 9.47 Å². The minimum Gasteiger partial charge on any atom is -0.483 e. The fourth-order valence-corrected chi connectivity index (χ4v) is 5.24. The zero-order chi connectivity index (χ0) is 29.6. The second kappa shape index (κ2) is 12.7. The van der Waals surface area contributed by atoms with Gasteiger partial charge in [-0.05, 0) is 111 Å². The van der Waals surface area contributed by atoms with E-state index in [9.17, 15) is 18.0 Å². The van der Waals surface area contributed by atoms with Crippen molar-refractivity contribution in [1.29, 1.82) is 0 Å². The molecule has 4 aromatic rings. The number of aryl methyl sites for hydroxylation is 4. The molecule has 2 amide bonds. The Labute approximate surface area is 240 Å². The summed E-state index contributed by atoms with van der Waals surface area (Å²) in [6.45, 7) is 7.34. The molecule has 0 fully saturated rings. The predicted molar refractivity (Wildman–Crippen MR) is 158 cm³/mol. The van der Waals surface area contributed by atoms with E-state index in [1.807, 2.05) is 64.1 Å². The van der Waals surface area contributed by atoms with Crippen LogP contribution in [0.15, 0.2) is 94.7 Å². The number of carbonyl (C=O) groups excluding carboxylic acids is 2. The zero-order valence-corrected chi connectivity index (χ0v) is 24.2. The van der Waals surface area contributed by atoms with E-state index in [2.05, 4.69) is 10.6 Å². The lowest BCUT2D eigenvalue weighted by atomic mass is 10.1. The molecule has 0 heterocycles. The van der Waals surface area contributed by atoms with Crippen LogP contribution in [0.25, 0.3) is 0 Å². The number of benzene rings is 4. The Morgan fingerprint density at radius 1 is 0.585 bits per heavy atom. The average Bonchev–Trinajstić information content (AvgIpc) is 2.94. The molecule has 0 bridgehead atoms. The van der Waals surface area contributed by atoms with Crippen molar-refractivity contribution < 1.29 is 27.5 Å². The Bertz CT molecular complexity index is 1540. The van der Waals surface area contributed by atoms with Gasteiger partial charge < -0.3 is 20.1 Å². The molecule has 0 radical (unpaired) electrons. The highest BCUT2D eigenvalue weighted by Crippen LogP contribution is 2.24. The van der Waals surface area contributed by atoms with Crippen LogP contribution in [0.4, 0.5) is 11.4 Å². The maximum absolute atomic E-state index is 13.1. The lowest BCUT2D eigenvalue weighted by molar-refractivity contribution is -0.118. The van der Waals surface area contributed by atoms with Gasteiger partial charge in [0.1, 0.15) is 11.5 Å². The van der Waals surface area contributed by atoms with Crippen LogP contribution in [-0.4, -0.2) is 33.4 Å². The summed E-state index contributed by atoms with van der Waals surface area (Å²) in [4.78, 5) is 24.8. The first-order valence-electron chi connectivity index (χ1n) is 13.0. The summed E-state index contributed by atoms with van der Waals surface area (Å²) in [6, 6.07) is 23.3. The van der Waals surface area contributed by atoms with Gasteiger partial charge in [-0.25, -0.2) is 8.42 Å². The normalized spacial score (nSPS) is 11.0. The van der Waals surface area contributed by atoms with Crippen molar-refractivity contribution in [3.63, 3.8) is 0 Å². The first-order valence-corrected chi connectivity index (χ1v) is 14.4. The molecule has 41 heavy (non-hydrogen) atoms. The van der Waals surface area contributed by atoms with Crippen LogP contribution in [0, 0.1) is 27.7 Å². The monoisotopic (exact) mass is 572 g/mol. The van der Waals surface area contributed by atoms with Crippen LogP contribution in [0.1, 0.15) is 22.3 Å². The Balaban J connectivity index is 1.32. The maximum Gasteiger partial charge on any atom is 0.262 e. The van der Waals surface area contributed by atoms with Crippen molar-refractivity contribution in [2.24, 2.45) is 0 Å². The molecule has 2 N–H and O–H groups in total. The standard InChI is InChI=1S/C32H32N2O6S/c1-21-5-7-23(3)29(17-21)39-19-31(35)33-25-9-13-27(14-10-25)41(37,38)28-15-11-26(12-16-28)34-32(36)20-40-30-18-22(2)6-8-24(30)4/h5-18H,19-20H2,1-4H3,(H,33,35)(H,34,36). The second-order valence-corrected chi connectivity index (χ2v) is 11.7. The summed E-state index contributed by atoms with van der Waals surface area (Å²) in [6.07, 6.45) is 0. The van der Waals surface area contributed by atoms with Crippen LogP contribution in [0.2, 0.25) is 0 Å². The highest BCUT2D eigenvalue weighted by molar-refractivity contribution is 7.91. The van der Waals surface area contributed by atoms with Gasteiger partial charge in [0.15, 0.2) is 13.2 Å². The van der Waals surface area contributed by atoms with Gasteiger partial charge in [0.25, 0.3) is 11.8 Å². The molecule has 9 heteroatoms. The van der Waals surface area contributed by atoms with E-state index in [-0.39, 0.29) is 34.8 Å². The molecule has 4 rings (SSSR count). The minimum absolute atomic E-state index is 0.0702. The van der Waals surface area contributed by atoms with Gasteiger partial charge in [-0.1, -0.05) is 24.3 Å². The number of hydrogen-bond acceptors (Lipinski definition) is 6. The molecular weight excluding hydrogens is 540 g/mol. The van der Waals surface area contributed by atoms with Crippen LogP contribution in [-0.2, 0) is 19.4 Å². The molecule has 0 aliphatic carbocycles. The van der Waals surface area contributed by atoms with Gasteiger partial charge in [0.2, 0.25) is 9.84 Å². The van der Waals surface area contributed by atoms with Crippen molar-refractivity contribution in [1.82, 2.24) is 0 Å². The van der Waals surface area contributed by atoms with Crippen LogP contribution >= 0.6 is 0 Å². The molecule has 0 aromatic heterocycles. The average molecular weight is 573 g/mol. The fraction of sp³-hybridized carbons (Fsp3) is 0.188. The summed E-state index contributed by atoms with van der Waals surface area (Å²) in [5, 5.41) is 5.42. The summed E-state index contributed by atoms with van der Waals surface area (Å²) >= 11 is 0. The predicted octanol–water partition coefficient (Wildman–Crippen LogP) is 5.79. The van der Waals surface area contributed by atoms with Gasteiger partial charge in [-0.15, -0.1) is 0 Å². The molecule has 0 saturated carbocycles. The van der Waals surface area contributed by atoms with Crippen molar-refractivity contribution in [2.75, 3.05) is 23.8 Å².